The van der Waals surface area contributed by atoms with Gasteiger partial charge in [-0.25, -0.2) is 0 Å². The number of hydrogen-bond donors (Lipinski definition) is 6. The predicted octanol–water partition coefficient (Wildman–Crippen LogP) is 1.01. The molecule has 4 atom stereocenters. The molecule has 0 saturated heterocycles. The first-order valence-corrected chi connectivity index (χ1v) is 12.9. The molecule has 0 bridgehead atoms. The van der Waals surface area contributed by atoms with Crippen LogP contribution in [-0.2, 0) is 25.6 Å². The van der Waals surface area contributed by atoms with Crippen LogP contribution in [-0.4, -0.2) is 70.0 Å². The Morgan fingerprint density at radius 1 is 1.00 bits per heavy atom. The quantitative estimate of drug-likeness (QED) is 0.236. The zero-order valence-corrected chi connectivity index (χ0v) is 21.3. The number of aromatic nitrogens is 1. The molecule has 4 unspecified atom stereocenters. The average molecular weight is 506 g/mol. The van der Waals surface area contributed by atoms with Crippen molar-refractivity contribution >= 4 is 46.4 Å². The predicted molar refractivity (Wildman–Crippen MR) is 137 cm³/mol. The van der Waals surface area contributed by atoms with Crippen molar-refractivity contribution in [3.05, 3.63) is 36.0 Å². The smallest absolute Gasteiger partial charge is 0.325 e. The number of carboxylic acids is 1. The summed E-state index contributed by atoms with van der Waals surface area (Å²) >= 11 is 1.49. The molecule has 1 aromatic heterocycles. The van der Waals surface area contributed by atoms with Gasteiger partial charge in [-0.3, -0.25) is 19.2 Å². The van der Waals surface area contributed by atoms with Crippen LogP contribution in [0.1, 0.15) is 32.8 Å². The molecule has 35 heavy (non-hydrogen) atoms. The first-order valence-electron chi connectivity index (χ1n) is 11.5. The van der Waals surface area contributed by atoms with Crippen LogP contribution in [0.3, 0.4) is 0 Å². The van der Waals surface area contributed by atoms with Crippen molar-refractivity contribution in [3.8, 4) is 0 Å². The van der Waals surface area contributed by atoms with E-state index >= 15 is 0 Å². The lowest BCUT2D eigenvalue weighted by atomic mass is 10.0. The highest BCUT2D eigenvalue weighted by molar-refractivity contribution is 7.98. The normalized spacial score (nSPS) is 14.7. The first kappa shape index (κ1) is 28.2. The number of thioether (sulfide) groups is 1. The van der Waals surface area contributed by atoms with Crippen molar-refractivity contribution in [2.75, 3.05) is 12.0 Å². The molecule has 0 aliphatic carbocycles. The van der Waals surface area contributed by atoms with Gasteiger partial charge in [-0.15, -0.1) is 0 Å². The lowest BCUT2D eigenvalue weighted by Gasteiger charge is -2.25. The molecular weight excluding hydrogens is 470 g/mol. The third-order valence-electron chi connectivity index (χ3n) is 5.73. The Hall–Kier alpha value is -3.05. The Kier molecular flexibility index (Phi) is 10.6. The molecule has 10 nitrogen and oxygen atoms in total. The fourth-order valence-electron chi connectivity index (χ4n) is 3.45. The van der Waals surface area contributed by atoms with Crippen LogP contribution in [0.4, 0.5) is 0 Å². The van der Waals surface area contributed by atoms with E-state index < -0.39 is 47.9 Å². The fourth-order valence-corrected chi connectivity index (χ4v) is 3.92. The van der Waals surface area contributed by atoms with Gasteiger partial charge in [-0.1, -0.05) is 32.0 Å². The van der Waals surface area contributed by atoms with Gasteiger partial charge in [-0.05, 0) is 42.9 Å². The Labute approximate surface area is 209 Å². The highest BCUT2D eigenvalue weighted by atomic mass is 32.2. The molecular formula is C24H35N5O5S. The molecule has 1 heterocycles. The largest absolute Gasteiger partial charge is 0.480 e. The summed E-state index contributed by atoms with van der Waals surface area (Å²) in [7, 11) is 0. The molecule has 0 aliphatic rings. The molecule has 0 aliphatic heterocycles. The minimum Gasteiger partial charge on any atom is -0.480 e. The Bertz CT molecular complexity index is 1040. The van der Waals surface area contributed by atoms with E-state index in [-0.39, 0.29) is 12.3 Å². The number of carboxylic acid groups (broad SMARTS) is 1. The second-order valence-corrected chi connectivity index (χ2v) is 9.79. The third-order valence-corrected chi connectivity index (χ3v) is 6.37. The van der Waals surface area contributed by atoms with Gasteiger partial charge in [-0.2, -0.15) is 11.8 Å². The van der Waals surface area contributed by atoms with Crippen molar-refractivity contribution in [2.24, 2.45) is 11.7 Å². The Morgan fingerprint density at radius 2 is 1.63 bits per heavy atom. The van der Waals surface area contributed by atoms with Crippen molar-refractivity contribution in [2.45, 2.75) is 57.8 Å². The lowest BCUT2D eigenvalue weighted by molar-refractivity contribution is -0.141. The molecule has 0 spiro atoms. The highest BCUT2D eigenvalue weighted by Crippen LogP contribution is 2.19. The topological polar surface area (TPSA) is 166 Å². The number of para-hydroxylation sites is 1. The van der Waals surface area contributed by atoms with Gasteiger partial charge in [0.1, 0.15) is 18.1 Å². The summed E-state index contributed by atoms with van der Waals surface area (Å²) in [5, 5.41) is 17.9. The molecule has 0 radical (unpaired) electrons. The molecule has 192 valence electrons. The number of fused-ring (bicyclic) bond motifs is 1. The molecule has 2 rings (SSSR count). The molecule has 11 heteroatoms. The minimum absolute atomic E-state index is 0.135. The van der Waals surface area contributed by atoms with Crippen molar-refractivity contribution in [3.63, 3.8) is 0 Å². The number of carbonyl (C=O) groups excluding carboxylic acids is 3. The summed E-state index contributed by atoms with van der Waals surface area (Å²) in [5.41, 5.74) is 7.72. The highest BCUT2D eigenvalue weighted by Gasteiger charge is 2.30. The Morgan fingerprint density at radius 3 is 2.26 bits per heavy atom. The van der Waals surface area contributed by atoms with Crippen LogP contribution in [0, 0.1) is 5.92 Å². The van der Waals surface area contributed by atoms with E-state index in [2.05, 4.69) is 20.9 Å². The van der Waals surface area contributed by atoms with Gasteiger partial charge in [0.05, 0.1) is 6.04 Å². The second kappa shape index (κ2) is 13.1. The van der Waals surface area contributed by atoms with Crippen LogP contribution < -0.4 is 21.7 Å². The first-order chi connectivity index (χ1) is 16.5. The molecule has 0 saturated carbocycles. The van der Waals surface area contributed by atoms with Crippen LogP contribution in [0.25, 0.3) is 10.9 Å². The van der Waals surface area contributed by atoms with E-state index in [0.717, 1.165) is 16.5 Å². The summed E-state index contributed by atoms with van der Waals surface area (Å²) in [6, 6.07) is 3.73. The monoisotopic (exact) mass is 505 g/mol. The van der Waals surface area contributed by atoms with Gasteiger partial charge in [0, 0.05) is 23.5 Å². The SMILES string of the molecule is CSCCC(NC(=O)C(Cc1c[nH]c2ccccc12)NC(=O)C(N)C(C)C)C(=O)NC(C)C(=O)O. The zero-order valence-electron chi connectivity index (χ0n) is 20.5. The van der Waals surface area contributed by atoms with Crippen LogP contribution in [0.15, 0.2) is 30.5 Å². The molecule has 0 fully saturated rings. The van der Waals surface area contributed by atoms with Gasteiger partial charge in [0.15, 0.2) is 0 Å². The van der Waals surface area contributed by atoms with Crippen molar-refractivity contribution < 1.29 is 24.3 Å². The summed E-state index contributed by atoms with van der Waals surface area (Å²) in [4.78, 5) is 53.1. The van der Waals surface area contributed by atoms with E-state index in [9.17, 15) is 19.2 Å². The number of benzene rings is 1. The average Bonchev–Trinajstić information content (AvgIpc) is 3.23. The number of carbonyl (C=O) groups is 4. The molecule has 7 N–H and O–H groups in total. The maximum absolute atomic E-state index is 13.4. The van der Waals surface area contributed by atoms with Gasteiger partial charge in [0.25, 0.3) is 0 Å². The molecule has 3 amide bonds. The van der Waals surface area contributed by atoms with Crippen molar-refractivity contribution in [1.82, 2.24) is 20.9 Å². The fraction of sp³-hybridized carbons (Fsp3) is 0.500. The second-order valence-electron chi connectivity index (χ2n) is 8.81. The minimum atomic E-state index is -1.18. The number of aliphatic carboxylic acids is 1. The van der Waals surface area contributed by atoms with Gasteiger partial charge >= 0.3 is 5.97 Å². The zero-order chi connectivity index (χ0) is 26.1. The Balaban J connectivity index is 2.27. The van der Waals surface area contributed by atoms with E-state index in [4.69, 9.17) is 10.8 Å². The van der Waals surface area contributed by atoms with Crippen LogP contribution in [0.5, 0.6) is 0 Å². The molecule has 2 aromatic rings. The lowest BCUT2D eigenvalue weighted by Crippen LogP contribution is -2.58. The molecule has 1 aromatic carbocycles. The number of nitrogens with two attached hydrogens (primary N) is 1. The number of aromatic amines is 1. The number of hydrogen-bond acceptors (Lipinski definition) is 6. The van der Waals surface area contributed by atoms with Gasteiger partial charge in [0.2, 0.25) is 17.7 Å². The maximum atomic E-state index is 13.4. The number of nitrogens with one attached hydrogen (secondary N) is 4. The maximum Gasteiger partial charge on any atom is 0.325 e. The number of rotatable bonds is 13. The number of H-pyrrole nitrogens is 1. The summed E-state index contributed by atoms with van der Waals surface area (Å²) in [5.74, 6) is -2.37. The summed E-state index contributed by atoms with van der Waals surface area (Å²) < 4.78 is 0. The van der Waals surface area contributed by atoms with Gasteiger partial charge < -0.3 is 31.8 Å². The van der Waals surface area contributed by atoms with E-state index in [1.807, 2.05) is 44.4 Å². The van der Waals surface area contributed by atoms with E-state index in [1.54, 1.807) is 6.20 Å². The van der Waals surface area contributed by atoms with Crippen LogP contribution >= 0.6 is 11.8 Å². The van der Waals surface area contributed by atoms with E-state index in [1.165, 1.54) is 18.7 Å². The van der Waals surface area contributed by atoms with E-state index in [0.29, 0.717) is 12.2 Å². The summed E-state index contributed by atoms with van der Waals surface area (Å²) in [6.45, 7) is 4.97. The number of amides is 3. The third kappa shape index (κ3) is 8.00. The van der Waals surface area contributed by atoms with Crippen molar-refractivity contribution in [1.29, 1.82) is 0 Å². The van der Waals surface area contributed by atoms with Crippen LogP contribution in [0.2, 0.25) is 0 Å². The summed E-state index contributed by atoms with van der Waals surface area (Å²) in [6.07, 6.45) is 4.12. The standard InChI is InChI=1S/C24H35N5O5S/c1-13(2)20(25)23(32)29-19(11-15-12-26-17-8-6-5-7-16(15)17)22(31)28-18(9-10-35-4)21(30)27-14(3)24(33)34/h5-8,12-14,18-20,26H,9-11,25H2,1-4H3,(H,27,30)(H,28,31)(H,29,32)(H,33,34).